The number of ether oxygens (including phenoxy) is 2. The Kier molecular flexibility index (Phi) is 4.34. The number of hydrogen-bond donors (Lipinski definition) is 1. The van der Waals surface area contributed by atoms with Crippen molar-refractivity contribution < 1.29 is 9.47 Å². The van der Waals surface area contributed by atoms with Crippen molar-refractivity contribution >= 4 is 11.9 Å². The van der Waals surface area contributed by atoms with E-state index in [1.54, 1.807) is 11.7 Å². The summed E-state index contributed by atoms with van der Waals surface area (Å²) in [5, 5.41) is 3.22. The summed E-state index contributed by atoms with van der Waals surface area (Å²) in [5.41, 5.74) is 1.43. The van der Waals surface area contributed by atoms with Crippen LogP contribution in [0.2, 0.25) is 0 Å². The highest BCUT2D eigenvalue weighted by molar-refractivity contribution is 5.93. The number of anilines is 1. The summed E-state index contributed by atoms with van der Waals surface area (Å²) >= 11 is 0. The number of aliphatic imine (C=N–C) groups is 1. The number of nitrogens with zero attached hydrogens (tertiary/aromatic N) is 4. The molecule has 3 heterocycles. The van der Waals surface area contributed by atoms with Crippen LogP contribution in [0.4, 0.5) is 5.95 Å². The van der Waals surface area contributed by atoms with E-state index in [2.05, 4.69) is 15.2 Å². The zero-order chi connectivity index (χ0) is 18.1. The number of nitrogens with one attached hydrogen (secondary N) is 1. The van der Waals surface area contributed by atoms with Crippen molar-refractivity contribution in [2.75, 3.05) is 38.7 Å². The predicted molar refractivity (Wildman–Crippen MR) is 97.8 cm³/mol. The number of fused-ring (bicyclic) bond motifs is 1. The van der Waals surface area contributed by atoms with Crippen molar-refractivity contribution in [2.24, 2.45) is 4.99 Å². The number of methoxy groups -OCH3 is 1. The van der Waals surface area contributed by atoms with Crippen LogP contribution in [0.3, 0.4) is 0 Å². The molecule has 0 spiro atoms. The first-order valence-corrected chi connectivity index (χ1v) is 8.57. The number of rotatable bonds is 2. The van der Waals surface area contributed by atoms with Gasteiger partial charge in [0.15, 0.2) is 6.17 Å². The van der Waals surface area contributed by atoms with Gasteiger partial charge in [0.05, 0.1) is 20.3 Å². The van der Waals surface area contributed by atoms with Gasteiger partial charge in [0.2, 0.25) is 11.9 Å². The van der Waals surface area contributed by atoms with E-state index in [0.717, 1.165) is 24.4 Å². The Morgan fingerprint density at radius 3 is 2.65 bits per heavy atom. The topological polar surface area (TPSA) is 81.0 Å². The molecule has 1 unspecified atom stereocenters. The molecule has 8 nitrogen and oxygen atoms in total. The molecule has 1 N–H and O–H groups in total. The molecule has 0 amide bonds. The van der Waals surface area contributed by atoms with Gasteiger partial charge in [0, 0.05) is 24.8 Å². The molecule has 2 aliphatic heterocycles. The lowest BCUT2D eigenvalue weighted by Gasteiger charge is -2.34. The minimum Gasteiger partial charge on any atom is -0.497 e. The number of hydrogen-bond acceptors (Lipinski definition) is 7. The van der Waals surface area contributed by atoms with E-state index in [1.807, 2.05) is 31.2 Å². The molecule has 0 saturated carbocycles. The first-order chi connectivity index (χ1) is 12.7. The Balaban J connectivity index is 1.80. The first-order valence-electron chi connectivity index (χ1n) is 8.57. The molecule has 136 valence electrons. The molecular weight excluding hydrogens is 334 g/mol. The summed E-state index contributed by atoms with van der Waals surface area (Å²) in [6.07, 6.45) is -0.476. The van der Waals surface area contributed by atoms with Gasteiger partial charge in [-0.2, -0.15) is 0 Å². The largest absolute Gasteiger partial charge is 0.497 e. The Morgan fingerprint density at radius 1 is 1.23 bits per heavy atom. The molecule has 0 radical (unpaired) electrons. The molecule has 1 fully saturated rings. The van der Waals surface area contributed by atoms with Crippen molar-refractivity contribution in [2.45, 2.75) is 13.1 Å². The van der Waals surface area contributed by atoms with E-state index in [4.69, 9.17) is 14.5 Å². The van der Waals surface area contributed by atoms with Crippen molar-refractivity contribution in [3.63, 3.8) is 0 Å². The van der Waals surface area contributed by atoms with Crippen molar-refractivity contribution in [1.82, 2.24) is 14.5 Å². The molecule has 1 atom stereocenters. The van der Waals surface area contributed by atoms with Gasteiger partial charge >= 0.3 is 0 Å². The number of morpholine rings is 1. The van der Waals surface area contributed by atoms with Crippen LogP contribution in [-0.4, -0.2) is 53.8 Å². The normalized spacial score (nSPS) is 19.4. The second kappa shape index (κ2) is 6.80. The van der Waals surface area contributed by atoms with Gasteiger partial charge in [-0.05, 0) is 24.6 Å². The highest BCUT2D eigenvalue weighted by Gasteiger charge is 2.28. The van der Waals surface area contributed by atoms with Gasteiger partial charge in [-0.3, -0.25) is 14.7 Å². The van der Waals surface area contributed by atoms with E-state index in [9.17, 15) is 4.79 Å². The van der Waals surface area contributed by atoms with Crippen LogP contribution < -0.4 is 15.6 Å². The molecule has 1 aromatic heterocycles. The average molecular weight is 355 g/mol. The zero-order valence-corrected chi connectivity index (χ0v) is 14.8. The van der Waals surface area contributed by atoms with Crippen molar-refractivity contribution in [1.29, 1.82) is 0 Å². The van der Waals surface area contributed by atoms with Gasteiger partial charge in [-0.1, -0.05) is 12.1 Å². The summed E-state index contributed by atoms with van der Waals surface area (Å²) in [5.74, 6) is 1.98. The van der Waals surface area contributed by atoms with Crippen LogP contribution in [0.15, 0.2) is 40.1 Å². The van der Waals surface area contributed by atoms with Gasteiger partial charge in [-0.25, -0.2) is 9.98 Å². The Bertz CT molecular complexity index is 885. The molecule has 0 aliphatic carbocycles. The third-order valence-corrected chi connectivity index (χ3v) is 4.52. The second-order valence-electron chi connectivity index (χ2n) is 6.25. The van der Waals surface area contributed by atoms with Crippen molar-refractivity contribution in [3.8, 4) is 5.75 Å². The van der Waals surface area contributed by atoms with Gasteiger partial charge in [-0.15, -0.1) is 0 Å². The van der Waals surface area contributed by atoms with Crippen LogP contribution in [0.5, 0.6) is 5.75 Å². The predicted octanol–water partition coefficient (Wildman–Crippen LogP) is 1.22. The minimum absolute atomic E-state index is 0.134. The Labute approximate surface area is 151 Å². The molecule has 8 heteroatoms. The summed E-state index contributed by atoms with van der Waals surface area (Å²) in [6, 6.07) is 9.11. The smallest absolute Gasteiger partial charge is 0.257 e. The standard InChI is InChI=1S/C18H21N5O3/c1-12-11-15(24)23-16(13-3-5-14(25-2)6-4-13)20-17(21-18(23)19-12)22-7-9-26-10-8-22/h3-6,11,16H,7-10H2,1-2H3,(H,19,20,21). The number of guanidine groups is 1. The minimum atomic E-state index is -0.476. The Hall–Kier alpha value is -2.87. The fourth-order valence-corrected chi connectivity index (χ4v) is 3.17. The maximum absolute atomic E-state index is 12.6. The van der Waals surface area contributed by atoms with Crippen LogP contribution in [0, 0.1) is 6.92 Å². The molecule has 1 aromatic carbocycles. The van der Waals surface area contributed by atoms with E-state index >= 15 is 0 Å². The third kappa shape index (κ3) is 3.03. The summed E-state index contributed by atoms with van der Waals surface area (Å²) in [7, 11) is 1.63. The molecule has 2 aromatic rings. The summed E-state index contributed by atoms with van der Waals surface area (Å²) in [4.78, 5) is 24.1. The third-order valence-electron chi connectivity index (χ3n) is 4.52. The van der Waals surface area contributed by atoms with Gasteiger partial charge < -0.3 is 14.4 Å². The zero-order valence-electron chi connectivity index (χ0n) is 14.8. The second-order valence-corrected chi connectivity index (χ2v) is 6.25. The summed E-state index contributed by atoms with van der Waals surface area (Å²) in [6.45, 7) is 4.62. The molecule has 1 saturated heterocycles. The number of benzene rings is 1. The molecule has 4 rings (SSSR count). The SMILES string of the molecule is COc1ccc(C2N=C(N3CCOCC3)Nc3nc(C)cc(=O)n32)cc1. The maximum Gasteiger partial charge on any atom is 0.257 e. The van der Waals surface area contributed by atoms with Crippen LogP contribution >= 0.6 is 0 Å². The molecule has 26 heavy (non-hydrogen) atoms. The van der Waals surface area contributed by atoms with Crippen LogP contribution in [0.1, 0.15) is 17.4 Å². The highest BCUT2D eigenvalue weighted by atomic mass is 16.5. The van der Waals surface area contributed by atoms with Crippen molar-refractivity contribution in [3.05, 3.63) is 51.9 Å². The number of aryl methyl sites for hydroxylation is 1. The maximum atomic E-state index is 12.6. The van der Waals surface area contributed by atoms with E-state index in [0.29, 0.717) is 30.8 Å². The summed E-state index contributed by atoms with van der Waals surface area (Å²) < 4.78 is 12.2. The van der Waals surface area contributed by atoms with E-state index in [-0.39, 0.29) is 5.56 Å². The van der Waals surface area contributed by atoms with E-state index < -0.39 is 6.17 Å². The van der Waals surface area contributed by atoms with E-state index in [1.165, 1.54) is 6.07 Å². The quantitative estimate of drug-likeness (QED) is 0.872. The lowest BCUT2D eigenvalue weighted by atomic mass is 10.1. The molecular formula is C18H21N5O3. The monoisotopic (exact) mass is 355 g/mol. The van der Waals surface area contributed by atoms with Gasteiger partial charge in [0.1, 0.15) is 5.75 Å². The number of aromatic nitrogens is 2. The highest BCUT2D eigenvalue weighted by Crippen LogP contribution is 2.27. The lowest BCUT2D eigenvalue weighted by molar-refractivity contribution is 0.0675. The lowest BCUT2D eigenvalue weighted by Crippen LogP contribution is -2.47. The fourth-order valence-electron chi connectivity index (χ4n) is 3.17. The van der Waals surface area contributed by atoms with Gasteiger partial charge in [0.25, 0.3) is 5.56 Å². The molecule has 0 bridgehead atoms. The first kappa shape index (κ1) is 16.6. The Morgan fingerprint density at radius 2 is 1.96 bits per heavy atom. The molecule has 2 aliphatic rings. The average Bonchev–Trinajstić information content (AvgIpc) is 2.67. The van der Waals surface area contributed by atoms with Crippen LogP contribution in [-0.2, 0) is 4.74 Å². The fraction of sp³-hybridized carbons (Fsp3) is 0.389. The van der Waals surface area contributed by atoms with Crippen LogP contribution in [0.25, 0.3) is 0 Å².